The zero-order valence-electron chi connectivity index (χ0n) is 11.5. The van der Waals surface area contributed by atoms with E-state index in [9.17, 15) is 0 Å². The van der Waals surface area contributed by atoms with Crippen molar-refractivity contribution in [3.8, 4) is 0 Å². The first-order chi connectivity index (χ1) is 9.06. The van der Waals surface area contributed by atoms with E-state index in [-0.39, 0.29) is 0 Å². The highest BCUT2D eigenvalue weighted by molar-refractivity contribution is 7.11. The van der Waals surface area contributed by atoms with Crippen molar-refractivity contribution in [1.82, 2.24) is 10.3 Å². The lowest BCUT2D eigenvalue weighted by Gasteiger charge is -2.14. The van der Waals surface area contributed by atoms with Gasteiger partial charge in [0.2, 0.25) is 0 Å². The Morgan fingerprint density at radius 3 is 2.68 bits per heavy atom. The summed E-state index contributed by atoms with van der Waals surface area (Å²) in [5.74, 6) is 0. The summed E-state index contributed by atoms with van der Waals surface area (Å²) in [6, 6.07) is 8.42. The average Bonchev–Trinajstić information content (AvgIpc) is 2.68. The number of rotatable bonds is 5. The van der Waals surface area contributed by atoms with Crippen LogP contribution in [-0.2, 0) is 13.0 Å². The second kappa shape index (κ2) is 6.51. The molecule has 2 nitrogen and oxygen atoms in total. The van der Waals surface area contributed by atoms with Crippen molar-refractivity contribution in [2.75, 3.05) is 0 Å². The van der Waals surface area contributed by atoms with Gasteiger partial charge in [0.1, 0.15) is 0 Å². The molecule has 1 unspecified atom stereocenters. The monoisotopic (exact) mass is 294 g/mol. The molecule has 4 heteroatoms. The molecule has 0 saturated carbocycles. The number of hydrogen-bond acceptors (Lipinski definition) is 3. The largest absolute Gasteiger partial charge is 0.309 e. The van der Waals surface area contributed by atoms with Crippen LogP contribution in [0.4, 0.5) is 0 Å². The molecule has 0 aliphatic heterocycles. The van der Waals surface area contributed by atoms with Gasteiger partial charge in [-0.05, 0) is 38.8 Å². The molecule has 102 valence electrons. The zero-order valence-corrected chi connectivity index (χ0v) is 13.1. The molecule has 0 amide bonds. The van der Waals surface area contributed by atoms with Gasteiger partial charge in [-0.25, -0.2) is 4.98 Å². The minimum atomic E-state index is 0.390. The van der Waals surface area contributed by atoms with Crippen LogP contribution in [0.1, 0.15) is 28.1 Å². The van der Waals surface area contributed by atoms with E-state index in [1.54, 1.807) is 11.3 Å². The number of aryl methyl sites for hydroxylation is 2. The molecule has 19 heavy (non-hydrogen) atoms. The minimum Gasteiger partial charge on any atom is -0.309 e. The van der Waals surface area contributed by atoms with E-state index >= 15 is 0 Å². The molecule has 0 aliphatic rings. The fraction of sp³-hybridized carbons (Fsp3) is 0.400. The maximum atomic E-state index is 6.18. The van der Waals surface area contributed by atoms with Crippen LogP contribution in [0.25, 0.3) is 0 Å². The van der Waals surface area contributed by atoms with Gasteiger partial charge in [-0.15, -0.1) is 11.3 Å². The molecule has 0 fully saturated rings. The molecule has 1 N–H and O–H groups in total. The predicted octanol–water partition coefficient (Wildman–Crippen LogP) is 4.13. The van der Waals surface area contributed by atoms with Crippen LogP contribution in [0, 0.1) is 13.8 Å². The Bertz CT molecular complexity index is 551. The lowest BCUT2D eigenvalue weighted by atomic mass is 10.1. The van der Waals surface area contributed by atoms with Crippen LogP contribution in [0.15, 0.2) is 24.3 Å². The third-order valence-corrected chi connectivity index (χ3v) is 4.54. The Balaban J connectivity index is 1.90. The molecule has 0 saturated heterocycles. The van der Waals surface area contributed by atoms with E-state index in [0.717, 1.165) is 28.7 Å². The van der Waals surface area contributed by atoms with Gasteiger partial charge in [0, 0.05) is 22.5 Å². The quantitative estimate of drug-likeness (QED) is 0.897. The number of thiazole rings is 1. The molecule has 2 rings (SSSR count). The summed E-state index contributed by atoms with van der Waals surface area (Å²) in [5.41, 5.74) is 2.33. The standard InChI is InChI=1S/C15H19ClN2S/c1-10(8-13-6-4-5-7-14(13)16)17-9-15-11(2)18-12(3)19-15/h4-7,10,17H,8-9H2,1-3H3. The summed E-state index contributed by atoms with van der Waals surface area (Å²) in [5, 5.41) is 5.52. The van der Waals surface area contributed by atoms with Crippen LogP contribution >= 0.6 is 22.9 Å². The van der Waals surface area contributed by atoms with Gasteiger partial charge >= 0.3 is 0 Å². The number of benzene rings is 1. The smallest absolute Gasteiger partial charge is 0.0900 e. The second-order valence-corrected chi connectivity index (χ2v) is 6.51. The molecular formula is C15H19ClN2S. The summed E-state index contributed by atoms with van der Waals surface area (Å²) < 4.78 is 0. The van der Waals surface area contributed by atoms with Gasteiger partial charge in [-0.3, -0.25) is 0 Å². The molecule has 0 radical (unpaired) electrons. The Labute approximate surface area is 123 Å². The number of nitrogens with one attached hydrogen (secondary N) is 1. The lowest BCUT2D eigenvalue weighted by Crippen LogP contribution is -2.27. The van der Waals surface area contributed by atoms with Crippen molar-refractivity contribution < 1.29 is 0 Å². The number of halogens is 1. The molecule has 1 aromatic heterocycles. The Morgan fingerprint density at radius 1 is 1.32 bits per heavy atom. The van der Waals surface area contributed by atoms with E-state index in [4.69, 9.17) is 11.6 Å². The summed E-state index contributed by atoms with van der Waals surface area (Å²) in [4.78, 5) is 5.77. The molecule has 0 bridgehead atoms. The summed E-state index contributed by atoms with van der Waals surface area (Å²) in [6.07, 6.45) is 0.941. The fourth-order valence-electron chi connectivity index (χ4n) is 2.07. The third-order valence-electron chi connectivity index (χ3n) is 3.09. The number of hydrogen-bond donors (Lipinski definition) is 1. The Hall–Kier alpha value is -0.900. The molecular weight excluding hydrogens is 276 g/mol. The van der Waals surface area contributed by atoms with Crippen LogP contribution in [0.2, 0.25) is 5.02 Å². The molecule has 0 aliphatic carbocycles. The van der Waals surface area contributed by atoms with Gasteiger partial charge in [-0.2, -0.15) is 0 Å². The van der Waals surface area contributed by atoms with Crippen molar-refractivity contribution in [2.24, 2.45) is 0 Å². The topological polar surface area (TPSA) is 24.9 Å². The molecule has 1 aromatic carbocycles. The predicted molar refractivity (Wildman–Crippen MR) is 83.0 cm³/mol. The highest BCUT2D eigenvalue weighted by Gasteiger charge is 2.09. The summed E-state index contributed by atoms with van der Waals surface area (Å²) in [7, 11) is 0. The van der Waals surface area contributed by atoms with Gasteiger partial charge in [-0.1, -0.05) is 29.8 Å². The van der Waals surface area contributed by atoms with E-state index in [2.05, 4.69) is 30.2 Å². The second-order valence-electron chi connectivity index (χ2n) is 4.82. The molecule has 0 spiro atoms. The summed E-state index contributed by atoms with van der Waals surface area (Å²) >= 11 is 7.94. The Kier molecular flexibility index (Phi) is 4.97. The maximum Gasteiger partial charge on any atom is 0.0900 e. The highest BCUT2D eigenvalue weighted by Crippen LogP contribution is 2.19. The van der Waals surface area contributed by atoms with Gasteiger partial charge in [0.15, 0.2) is 0 Å². The van der Waals surface area contributed by atoms with Gasteiger partial charge < -0.3 is 5.32 Å². The van der Waals surface area contributed by atoms with Gasteiger partial charge in [0.25, 0.3) is 0 Å². The highest BCUT2D eigenvalue weighted by atomic mass is 35.5. The fourth-order valence-corrected chi connectivity index (χ4v) is 3.17. The molecule has 2 aromatic rings. The normalized spacial score (nSPS) is 12.6. The first kappa shape index (κ1) is 14.5. The number of aromatic nitrogens is 1. The van der Waals surface area contributed by atoms with Crippen molar-refractivity contribution in [3.63, 3.8) is 0 Å². The van der Waals surface area contributed by atoms with E-state index in [0.29, 0.717) is 6.04 Å². The minimum absolute atomic E-state index is 0.390. The third kappa shape index (κ3) is 4.03. The van der Waals surface area contributed by atoms with Crippen molar-refractivity contribution in [3.05, 3.63) is 50.4 Å². The first-order valence-corrected chi connectivity index (χ1v) is 7.65. The average molecular weight is 295 g/mol. The SMILES string of the molecule is Cc1nc(C)c(CNC(C)Cc2ccccc2Cl)s1. The number of nitrogens with zero attached hydrogens (tertiary/aromatic N) is 1. The van der Waals surface area contributed by atoms with E-state index in [1.807, 2.05) is 25.1 Å². The van der Waals surface area contributed by atoms with Gasteiger partial charge in [0.05, 0.1) is 10.7 Å². The molecule has 1 atom stereocenters. The molecule has 1 heterocycles. The van der Waals surface area contributed by atoms with Crippen molar-refractivity contribution in [1.29, 1.82) is 0 Å². The van der Waals surface area contributed by atoms with Crippen LogP contribution in [0.3, 0.4) is 0 Å². The van der Waals surface area contributed by atoms with Crippen LogP contribution in [-0.4, -0.2) is 11.0 Å². The van der Waals surface area contributed by atoms with E-state index in [1.165, 1.54) is 10.4 Å². The first-order valence-electron chi connectivity index (χ1n) is 6.46. The Morgan fingerprint density at radius 2 is 2.05 bits per heavy atom. The van der Waals surface area contributed by atoms with Crippen LogP contribution < -0.4 is 5.32 Å². The maximum absolute atomic E-state index is 6.18. The van der Waals surface area contributed by atoms with Crippen molar-refractivity contribution in [2.45, 2.75) is 39.8 Å². The zero-order chi connectivity index (χ0) is 13.8. The summed E-state index contributed by atoms with van der Waals surface area (Å²) in [6.45, 7) is 7.18. The van der Waals surface area contributed by atoms with Crippen molar-refractivity contribution >= 4 is 22.9 Å². The van der Waals surface area contributed by atoms with E-state index < -0.39 is 0 Å². The lowest BCUT2D eigenvalue weighted by molar-refractivity contribution is 0.547. The van der Waals surface area contributed by atoms with Crippen LogP contribution in [0.5, 0.6) is 0 Å².